The van der Waals surface area contributed by atoms with E-state index in [-0.39, 0.29) is 0 Å². The summed E-state index contributed by atoms with van der Waals surface area (Å²) in [6.07, 6.45) is 0. The molecular weight excluding hydrogens is 449 g/mol. The van der Waals surface area contributed by atoms with Crippen LogP contribution in [-0.4, -0.2) is 30.8 Å². The average molecular weight is 480 g/mol. The predicted octanol–water partition coefficient (Wildman–Crippen LogP) is 5.26. The van der Waals surface area contributed by atoms with Crippen molar-refractivity contribution in [3.63, 3.8) is 0 Å². The molecule has 4 aromatic rings. The molecule has 0 aliphatic carbocycles. The molecule has 6 rings (SSSR count). The molecule has 0 saturated carbocycles. The van der Waals surface area contributed by atoms with Crippen molar-refractivity contribution in [3.8, 4) is 0 Å². The third-order valence-corrected chi connectivity index (χ3v) is 10.4. The van der Waals surface area contributed by atoms with Crippen molar-refractivity contribution in [2.75, 3.05) is 36.0 Å². The molecule has 5 heteroatoms. The van der Waals surface area contributed by atoms with Crippen LogP contribution in [0.5, 0.6) is 0 Å². The van der Waals surface area contributed by atoms with Gasteiger partial charge in [-0.3, -0.25) is 4.57 Å². The Morgan fingerprint density at radius 2 is 0.914 bits per heavy atom. The van der Waals surface area contributed by atoms with E-state index in [2.05, 4.69) is 112 Å². The van der Waals surface area contributed by atoms with E-state index >= 15 is 4.57 Å². The normalized spacial score (nSPS) is 17.0. The Balaban J connectivity index is 1.46. The van der Waals surface area contributed by atoms with E-state index < -0.39 is 7.29 Å². The van der Waals surface area contributed by atoms with Crippen LogP contribution in [0.15, 0.2) is 109 Å². The molecule has 0 unspecified atom stereocenters. The quantitative estimate of drug-likeness (QED) is 0.373. The van der Waals surface area contributed by atoms with E-state index in [0.29, 0.717) is 0 Å². The summed E-state index contributed by atoms with van der Waals surface area (Å²) in [5, 5.41) is 1.92. The summed E-state index contributed by atoms with van der Waals surface area (Å²) < 4.78 is 17.6. The number of benzene rings is 4. The average Bonchev–Trinajstić information content (AvgIpc) is 3.11. The summed E-state index contributed by atoms with van der Waals surface area (Å²) >= 11 is 0. The Labute approximate surface area is 207 Å². The maximum absolute atomic E-state index is 15.4. The summed E-state index contributed by atoms with van der Waals surface area (Å²) in [6.45, 7) is 4.85. The van der Waals surface area contributed by atoms with E-state index in [1.54, 1.807) is 0 Å². The first-order chi connectivity index (χ1) is 17.2. The van der Waals surface area contributed by atoms with Crippen molar-refractivity contribution < 1.29 is 4.57 Å². The van der Waals surface area contributed by atoms with Crippen LogP contribution in [0.1, 0.15) is 11.1 Å². The fraction of sp³-hybridized carbons (Fsp3) is 0.200. The molecule has 176 valence electrons. The van der Waals surface area contributed by atoms with Crippen molar-refractivity contribution in [1.29, 1.82) is 0 Å². The fourth-order valence-corrected chi connectivity index (χ4v) is 8.69. The first-order valence-corrected chi connectivity index (χ1v) is 14.0. The van der Waals surface area contributed by atoms with Gasteiger partial charge in [0.05, 0.1) is 10.6 Å². The van der Waals surface area contributed by atoms with Crippen molar-refractivity contribution in [3.05, 3.63) is 120 Å². The van der Waals surface area contributed by atoms with Gasteiger partial charge in [0.1, 0.15) is 0 Å². The molecule has 4 aromatic carbocycles. The van der Waals surface area contributed by atoms with Crippen LogP contribution < -0.4 is 20.4 Å². The summed E-state index contributed by atoms with van der Waals surface area (Å²) in [4.78, 5) is 4.81. The van der Waals surface area contributed by atoms with Gasteiger partial charge >= 0.3 is 0 Å². The lowest BCUT2D eigenvalue weighted by atomic mass is 10.2. The van der Waals surface area contributed by atoms with E-state index in [1.165, 1.54) is 11.1 Å². The Hall–Kier alpha value is -3.33. The number of fused-ring (bicyclic) bond motifs is 5. The van der Waals surface area contributed by atoms with Gasteiger partial charge in [-0.05, 0) is 35.4 Å². The second-order valence-corrected chi connectivity index (χ2v) is 12.0. The lowest BCUT2D eigenvalue weighted by Gasteiger charge is -2.29. The van der Waals surface area contributed by atoms with Gasteiger partial charge < -0.3 is 9.80 Å². The number of hydrogen-bond acceptors (Lipinski definition) is 3. The van der Waals surface area contributed by atoms with Gasteiger partial charge in [-0.2, -0.15) is 0 Å². The summed E-state index contributed by atoms with van der Waals surface area (Å²) in [6, 6.07) is 37.9. The highest BCUT2D eigenvalue weighted by Crippen LogP contribution is 2.54. The minimum absolute atomic E-state index is 0.770. The van der Waals surface area contributed by atoms with Crippen LogP contribution in [0, 0.1) is 0 Å². The molecule has 0 amide bonds. The lowest BCUT2D eigenvalue weighted by molar-refractivity contribution is 0.433. The second-order valence-electron chi connectivity index (χ2n) is 9.32. The smallest absolute Gasteiger partial charge is 0.211 e. The third kappa shape index (κ3) is 4.07. The van der Waals surface area contributed by atoms with Gasteiger partial charge in [-0.25, -0.2) is 4.67 Å². The Morgan fingerprint density at radius 1 is 0.514 bits per heavy atom. The van der Waals surface area contributed by atoms with Crippen molar-refractivity contribution in [2.45, 2.75) is 13.1 Å². The molecule has 35 heavy (non-hydrogen) atoms. The summed E-state index contributed by atoms with van der Waals surface area (Å²) in [7, 11) is -3.02. The monoisotopic (exact) mass is 479 g/mol. The molecule has 0 atom stereocenters. The third-order valence-electron chi connectivity index (χ3n) is 7.18. The van der Waals surface area contributed by atoms with E-state index in [1.807, 2.05) is 12.1 Å². The van der Waals surface area contributed by atoms with Gasteiger partial charge in [0, 0.05) is 50.6 Å². The van der Waals surface area contributed by atoms with Crippen molar-refractivity contribution in [2.24, 2.45) is 0 Å². The summed E-state index contributed by atoms with van der Waals surface area (Å²) in [5.74, 6) is 0. The number of hydrogen-bond donors (Lipinski definition) is 0. The van der Waals surface area contributed by atoms with Crippen LogP contribution in [0.25, 0.3) is 0 Å². The minimum atomic E-state index is -3.02. The molecule has 0 bridgehead atoms. The van der Waals surface area contributed by atoms with Crippen molar-refractivity contribution in [1.82, 2.24) is 4.67 Å². The lowest BCUT2D eigenvalue weighted by Crippen LogP contribution is -2.34. The number of para-hydroxylation sites is 2. The highest BCUT2D eigenvalue weighted by Gasteiger charge is 2.43. The topological polar surface area (TPSA) is 26.8 Å². The molecule has 2 aliphatic heterocycles. The summed E-state index contributed by atoms with van der Waals surface area (Å²) in [5.41, 5.74) is 4.72. The van der Waals surface area contributed by atoms with Crippen molar-refractivity contribution >= 4 is 29.3 Å². The van der Waals surface area contributed by atoms with E-state index in [0.717, 1.165) is 61.3 Å². The fourth-order valence-electron chi connectivity index (χ4n) is 5.45. The zero-order valence-electron chi connectivity index (χ0n) is 19.8. The SMILES string of the molecule is O=P12c3ccccc3N(Cc3ccccc3)CCN1CCN(Cc1ccccc1)c1ccccc12. The van der Waals surface area contributed by atoms with Gasteiger partial charge in [-0.15, -0.1) is 0 Å². The van der Waals surface area contributed by atoms with E-state index in [9.17, 15) is 0 Å². The van der Waals surface area contributed by atoms with Crippen LogP contribution in [0.2, 0.25) is 0 Å². The Morgan fingerprint density at radius 3 is 1.37 bits per heavy atom. The second kappa shape index (κ2) is 9.37. The van der Waals surface area contributed by atoms with Gasteiger partial charge in [-0.1, -0.05) is 84.9 Å². The zero-order valence-corrected chi connectivity index (χ0v) is 20.7. The van der Waals surface area contributed by atoms with Gasteiger partial charge in [0.2, 0.25) is 7.29 Å². The van der Waals surface area contributed by atoms with Gasteiger partial charge in [0.25, 0.3) is 0 Å². The molecule has 2 heterocycles. The zero-order chi connectivity index (χ0) is 23.7. The first kappa shape index (κ1) is 22.2. The standard InChI is InChI=1S/C30H30N3OP/c34-35-29-17-9-7-15-27(29)31(23-25-11-3-1-4-12-25)19-21-33(35)22-20-32(24-26-13-5-2-6-14-26)28-16-8-10-18-30(28)35/h1-18H,19-24H2. The molecule has 0 radical (unpaired) electrons. The first-order valence-electron chi connectivity index (χ1n) is 12.4. The van der Waals surface area contributed by atoms with Crippen LogP contribution in [0.4, 0.5) is 11.4 Å². The molecule has 2 aliphatic rings. The minimum Gasteiger partial charge on any atom is -0.365 e. The Kier molecular flexibility index (Phi) is 5.93. The molecule has 0 aromatic heterocycles. The molecule has 0 N–H and O–H groups in total. The maximum atomic E-state index is 15.4. The number of nitrogens with zero attached hydrogens (tertiary/aromatic N) is 3. The van der Waals surface area contributed by atoms with Crippen LogP contribution in [0.3, 0.4) is 0 Å². The molecule has 0 saturated heterocycles. The molecular formula is C30H30N3OP. The predicted molar refractivity (Wildman–Crippen MR) is 146 cm³/mol. The largest absolute Gasteiger partial charge is 0.365 e. The molecule has 0 fully saturated rings. The number of anilines is 2. The highest BCUT2D eigenvalue weighted by molar-refractivity contribution is 7.77. The highest BCUT2D eigenvalue weighted by atomic mass is 31.2. The molecule has 4 nitrogen and oxygen atoms in total. The van der Waals surface area contributed by atoms with Crippen LogP contribution in [-0.2, 0) is 17.7 Å². The van der Waals surface area contributed by atoms with Gasteiger partial charge in [0.15, 0.2) is 0 Å². The van der Waals surface area contributed by atoms with Crippen LogP contribution >= 0.6 is 7.29 Å². The maximum Gasteiger partial charge on any atom is 0.211 e. The molecule has 0 spiro atoms. The van der Waals surface area contributed by atoms with E-state index in [4.69, 9.17) is 0 Å². The number of rotatable bonds is 4. The Bertz CT molecular complexity index is 1260.